The Balaban J connectivity index is 1.04. The van der Waals surface area contributed by atoms with Crippen LogP contribution < -0.4 is 4.74 Å². The third-order valence-corrected chi connectivity index (χ3v) is 15.4. The summed E-state index contributed by atoms with van der Waals surface area (Å²) in [6, 6.07) is 46.2. The smallest absolute Gasteiger partial charge is 0.339 e. The molecule has 0 saturated carbocycles. The number of aldehydes is 1. The standard InChI is InChI=1S/C66H62N2O11/c1-42-8-15-50-52-17-11-44(45-12-18-53-51-16-9-43(2)35-58(51)66(60(53)38-45)55-6-4-20-67-62(55)63-56(66)7-5-21-68-63)37-59(52)65(57(50)34-42,48-13-10-46(47(36-48)40-70)41-78-31-30-76-27-26-74-23-22-69)49-14-19-61(54(39-49)64(71)72)79-33-32-77-29-28-75-25-24-73-3/h4-21,34-40,69H,22-33,41H2,1-3H3,(H,71,72). The van der Waals surface area contributed by atoms with Crippen molar-refractivity contribution in [1.82, 2.24) is 9.97 Å². The van der Waals surface area contributed by atoms with Gasteiger partial charge in [0.15, 0.2) is 0 Å². The van der Waals surface area contributed by atoms with Crippen LogP contribution in [0.5, 0.6) is 5.75 Å². The van der Waals surface area contributed by atoms with Gasteiger partial charge in [-0.05, 0) is 140 Å². The SMILES string of the molecule is COCCOCCOCCOc1ccc(C2(c3ccc(COCCOCCOCCO)c(C=O)c3)c3cc(C)ccc3-c3ccc(-c4ccc5c(c4)C4(c6cc(C)ccc6-5)c5cccnc5-c5ncccc54)cc32)cc1C(=O)O. The molecule has 0 saturated heterocycles. The molecule has 1 atom stereocenters. The van der Waals surface area contributed by atoms with E-state index in [9.17, 15) is 14.7 Å². The zero-order valence-corrected chi connectivity index (χ0v) is 44.6. The molecule has 1 spiro atoms. The van der Waals surface area contributed by atoms with Gasteiger partial charge in [0.25, 0.3) is 0 Å². The fraction of sp³-hybridized carbons (Fsp3) is 0.273. The van der Waals surface area contributed by atoms with Gasteiger partial charge in [0.1, 0.15) is 24.2 Å². The Morgan fingerprint density at radius 1 is 0.519 bits per heavy atom. The van der Waals surface area contributed by atoms with Gasteiger partial charge in [0.05, 0.1) is 102 Å². The molecule has 0 fully saturated rings. The van der Waals surface area contributed by atoms with Crippen molar-refractivity contribution >= 4 is 12.3 Å². The van der Waals surface area contributed by atoms with Crippen LogP contribution in [0.15, 0.2) is 146 Å². The Kier molecular flexibility index (Phi) is 15.7. The van der Waals surface area contributed by atoms with E-state index in [-0.39, 0.29) is 51.0 Å². The zero-order valence-electron chi connectivity index (χ0n) is 44.6. The fourth-order valence-electron chi connectivity index (χ4n) is 12.0. The quantitative estimate of drug-likeness (QED) is 0.0411. The number of aliphatic hydroxyl groups excluding tert-OH is 1. The van der Waals surface area contributed by atoms with Crippen molar-refractivity contribution in [3.05, 3.63) is 218 Å². The molecule has 2 aromatic heterocycles. The van der Waals surface area contributed by atoms with Crippen LogP contribution in [0.2, 0.25) is 0 Å². The second kappa shape index (κ2) is 23.3. The number of aromatic nitrogens is 2. The highest BCUT2D eigenvalue weighted by atomic mass is 16.6. The molecule has 402 valence electrons. The molecule has 1 unspecified atom stereocenters. The molecule has 13 heteroatoms. The second-order valence-corrected chi connectivity index (χ2v) is 20.0. The van der Waals surface area contributed by atoms with E-state index in [0.29, 0.717) is 62.9 Å². The highest BCUT2D eigenvalue weighted by molar-refractivity contribution is 5.96. The first-order valence-corrected chi connectivity index (χ1v) is 26.8. The lowest BCUT2D eigenvalue weighted by atomic mass is 9.66. The molecule has 2 N–H and O–H groups in total. The number of aryl methyl sites for hydroxylation is 2. The molecule has 13 nitrogen and oxygen atoms in total. The first-order chi connectivity index (χ1) is 38.7. The molecule has 8 aromatic rings. The van der Waals surface area contributed by atoms with E-state index >= 15 is 0 Å². The third-order valence-electron chi connectivity index (χ3n) is 15.4. The Morgan fingerprint density at radius 2 is 1.01 bits per heavy atom. The normalized spacial score (nSPS) is 14.8. The van der Waals surface area contributed by atoms with E-state index in [1.54, 1.807) is 19.2 Å². The highest BCUT2D eigenvalue weighted by Gasteiger charge is 2.53. The number of rotatable bonds is 25. The molecule has 3 aliphatic rings. The van der Waals surface area contributed by atoms with Crippen LogP contribution in [-0.4, -0.2) is 119 Å². The van der Waals surface area contributed by atoms with Crippen molar-refractivity contribution in [2.45, 2.75) is 31.3 Å². The summed E-state index contributed by atoms with van der Waals surface area (Å²) in [4.78, 5) is 36.7. The number of carbonyl (C=O) groups excluding carboxylic acids is 1. The van der Waals surface area contributed by atoms with Gasteiger partial charge >= 0.3 is 5.97 Å². The number of nitrogens with zero attached hydrogens (tertiary/aromatic N) is 2. The topological polar surface area (TPSA) is 165 Å². The number of hydrogen-bond donors (Lipinski definition) is 2. The number of fused-ring (bicyclic) bond motifs is 13. The maximum atomic E-state index is 13.5. The molecule has 0 amide bonds. The molecule has 2 heterocycles. The highest BCUT2D eigenvalue weighted by Crippen LogP contribution is 2.63. The predicted octanol–water partition coefficient (Wildman–Crippen LogP) is 10.6. The number of benzene rings is 6. The summed E-state index contributed by atoms with van der Waals surface area (Å²) in [5.41, 5.74) is 17.4. The molecular formula is C66H62N2O11. The van der Waals surface area contributed by atoms with Gasteiger partial charge in [0, 0.05) is 25.1 Å². The first-order valence-electron chi connectivity index (χ1n) is 26.8. The summed E-state index contributed by atoms with van der Waals surface area (Å²) in [5, 5.41) is 20.0. The predicted molar refractivity (Wildman–Crippen MR) is 300 cm³/mol. The lowest BCUT2D eigenvalue weighted by Crippen LogP contribution is -2.29. The number of ether oxygens (including phenoxy) is 7. The van der Waals surface area contributed by atoms with Crippen LogP contribution in [0, 0.1) is 13.8 Å². The zero-order chi connectivity index (χ0) is 54.5. The summed E-state index contributed by atoms with van der Waals surface area (Å²) in [6.07, 6.45) is 4.54. The first kappa shape index (κ1) is 53.3. The van der Waals surface area contributed by atoms with Crippen molar-refractivity contribution in [2.75, 3.05) is 86.4 Å². The van der Waals surface area contributed by atoms with Crippen molar-refractivity contribution in [3.63, 3.8) is 0 Å². The fourth-order valence-corrected chi connectivity index (χ4v) is 12.0. The summed E-state index contributed by atoms with van der Waals surface area (Å²) < 4.78 is 39.5. The number of carboxylic acids is 1. The lowest BCUT2D eigenvalue weighted by Gasteiger charge is -2.35. The van der Waals surface area contributed by atoms with Crippen LogP contribution in [0.25, 0.3) is 44.8 Å². The van der Waals surface area contributed by atoms with Crippen molar-refractivity contribution in [1.29, 1.82) is 0 Å². The monoisotopic (exact) mass is 1060 g/mol. The van der Waals surface area contributed by atoms with E-state index in [1.807, 2.05) is 48.8 Å². The number of aliphatic hydroxyl groups is 1. The largest absolute Gasteiger partial charge is 0.490 e. The van der Waals surface area contributed by atoms with Crippen molar-refractivity contribution in [2.24, 2.45) is 0 Å². The van der Waals surface area contributed by atoms with E-state index in [2.05, 4.69) is 98.8 Å². The Morgan fingerprint density at radius 3 is 1.58 bits per heavy atom. The van der Waals surface area contributed by atoms with Crippen molar-refractivity contribution < 1.29 is 53.0 Å². The molecule has 11 rings (SSSR count). The third kappa shape index (κ3) is 9.65. The Bertz CT molecular complexity index is 3530. The lowest BCUT2D eigenvalue weighted by molar-refractivity contribution is 0.00445. The summed E-state index contributed by atoms with van der Waals surface area (Å²) in [5.74, 6) is -0.948. The van der Waals surface area contributed by atoms with Crippen LogP contribution in [0.3, 0.4) is 0 Å². The Labute approximate surface area is 459 Å². The molecule has 0 aliphatic heterocycles. The van der Waals surface area contributed by atoms with Crippen molar-refractivity contribution in [3.8, 4) is 50.5 Å². The number of aromatic carboxylic acids is 1. The van der Waals surface area contributed by atoms with Gasteiger partial charge in [-0.25, -0.2) is 4.79 Å². The van der Waals surface area contributed by atoms with E-state index in [0.717, 1.165) is 90.0 Å². The molecule has 0 bridgehead atoms. The van der Waals surface area contributed by atoms with Gasteiger partial charge in [-0.1, -0.05) is 102 Å². The number of methoxy groups -OCH3 is 1. The number of carboxylic acid groups (broad SMARTS) is 1. The summed E-state index contributed by atoms with van der Waals surface area (Å²) in [7, 11) is 1.62. The minimum atomic E-state index is -1.15. The Hall–Kier alpha value is -7.72. The summed E-state index contributed by atoms with van der Waals surface area (Å²) >= 11 is 0. The summed E-state index contributed by atoms with van der Waals surface area (Å²) in [6.45, 7) is 7.92. The van der Waals surface area contributed by atoms with Gasteiger partial charge in [0.2, 0.25) is 0 Å². The van der Waals surface area contributed by atoms with Crippen LogP contribution in [-0.2, 0) is 45.9 Å². The minimum absolute atomic E-state index is 0.0128. The average Bonchev–Trinajstić information content (AvgIpc) is 2.61. The van der Waals surface area contributed by atoms with E-state index < -0.39 is 16.8 Å². The van der Waals surface area contributed by atoms with Crippen LogP contribution >= 0.6 is 0 Å². The number of pyridine rings is 2. The number of carbonyl (C=O) groups is 2. The molecule has 3 aliphatic carbocycles. The minimum Gasteiger partial charge on any atom is -0.490 e. The second-order valence-electron chi connectivity index (χ2n) is 20.0. The van der Waals surface area contributed by atoms with Gasteiger partial charge in [-0.2, -0.15) is 0 Å². The average molecular weight is 1060 g/mol. The molecule has 6 aromatic carbocycles. The molecular weight excluding hydrogens is 997 g/mol. The van der Waals surface area contributed by atoms with Crippen LogP contribution in [0.4, 0.5) is 0 Å². The molecule has 0 radical (unpaired) electrons. The van der Waals surface area contributed by atoms with E-state index in [4.69, 9.17) is 48.2 Å². The molecule has 79 heavy (non-hydrogen) atoms. The van der Waals surface area contributed by atoms with Gasteiger partial charge in [-0.15, -0.1) is 0 Å². The van der Waals surface area contributed by atoms with Crippen LogP contribution in [0.1, 0.15) is 81.9 Å². The van der Waals surface area contributed by atoms with E-state index in [1.165, 1.54) is 11.1 Å². The maximum absolute atomic E-state index is 13.5. The van der Waals surface area contributed by atoms with Gasteiger partial charge < -0.3 is 43.4 Å². The van der Waals surface area contributed by atoms with Gasteiger partial charge in [-0.3, -0.25) is 14.8 Å². The number of hydrogen-bond acceptors (Lipinski definition) is 12. The maximum Gasteiger partial charge on any atom is 0.339 e.